The van der Waals surface area contributed by atoms with Crippen molar-refractivity contribution in [3.8, 4) is 11.1 Å². The number of carbonyl (C=O) groups is 1. The summed E-state index contributed by atoms with van der Waals surface area (Å²) in [6.07, 6.45) is 1.16. The summed E-state index contributed by atoms with van der Waals surface area (Å²) in [5, 5.41) is 1.21. The number of amides is 1. The van der Waals surface area contributed by atoms with Gasteiger partial charge in [0.05, 0.1) is 17.4 Å². The number of fused-ring (bicyclic) bond motifs is 6. The molecule has 0 unspecified atom stereocenters. The number of aromatic nitrogens is 1. The predicted molar refractivity (Wildman–Crippen MR) is 168 cm³/mol. The van der Waals surface area contributed by atoms with Gasteiger partial charge < -0.3 is 14.6 Å². The van der Waals surface area contributed by atoms with E-state index < -0.39 is 0 Å². The van der Waals surface area contributed by atoms with Crippen molar-refractivity contribution in [3.05, 3.63) is 129 Å². The number of likely N-dealkylation sites (N-methyl/N-ethyl adjacent to an activating group) is 1. The molecule has 204 valence electrons. The van der Waals surface area contributed by atoms with Gasteiger partial charge in [0, 0.05) is 34.9 Å². The van der Waals surface area contributed by atoms with Crippen molar-refractivity contribution < 1.29 is 9.53 Å². The van der Waals surface area contributed by atoms with Gasteiger partial charge in [-0.15, -0.1) is 0 Å². The second-order valence-electron chi connectivity index (χ2n) is 10.8. The third-order valence-electron chi connectivity index (χ3n) is 8.45. The van der Waals surface area contributed by atoms with Crippen LogP contribution < -0.4 is 0 Å². The van der Waals surface area contributed by atoms with E-state index in [1.54, 1.807) is 4.90 Å². The molecule has 41 heavy (non-hydrogen) atoms. The van der Waals surface area contributed by atoms with Gasteiger partial charge in [-0.25, -0.2) is 4.79 Å². The second kappa shape index (κ2) is 10.7. The molecule has 0 saturated carbocycles. The van der Waals surface area contributed by atoms with Crippen LogP contribution >= 0.6 is 15.9 Å². The summed E-state index contributed by atoms with van der Waals surface area (Å²) in [4.78, 5) is 24.1. The highest BCUT2D eigenvalue weighted by Gasteiger charge is 2.34. The number of H-pyrrole nitrogens is 1. The van der Waals surface area contributed by atoms with Gasteiger partial charge in [-0.1, -0.05) is 101 Å². The number of rotatable bonds is 6. The van der Waals surface area contributed by atoms with Crippen LogP contribution in [0.2, 0.25) is 0 Å². The van der Waals surface area contributed by atoms with Gasteiger partial charge in [0.15, 0.2) is 0 Å². The quantitative estimate of drug-likeness (QED) is 0.215. The summed E-state index contributed by atoms with van der Waals surface area (Å²) in [5.41, 5.74) is 10.2. The first kappa shape index (κ1) is 25.8. The Morgan fingerprint density at radius 3 is 2.39 bits per heavy atom. The van der Waals surface area contributed by atoms with E-state index in [-0.39, 0.29) is 24.7 Å². The molecule has 1 aliphatic heterocycles. The molecule has 6 heteroatoms. The molecule has 1 amide bonds. The monoisotopic (exact) mass is 603 g/mol. The molecule has 1 atom stereocenters. The van der Waals surface area contributed by atoms with E-state index in [9.17, 15) is 4.79 Å². The first-order valence-corrected chi connectivity index (χ1v) is 14.8. The Hall–Kier alpha value is -4.16. The van der Waals surface area contributed by atoms with E-state index in [1.807, 2.05) is 25.2 Å². The fraction of sp³-hybridized carbons (Fsp3) is 0.200. The Morgan fingerprint density at radius 2 is 1.66 bits per heavy atom. The minimum Gasteiger partial charge on any atom is -0.448 e. The van der Waals surface area contributed by atoms with Crippen LogP contribution in [0.25, 0.3) is 22.0 Å². The topological polar surface area (TPSA) is 57.7 Å². The Balaban J connectivity index is 1.19. The standard InChI is InChI=1S/C35H30BrN3O2/c1-39(35(40)41-21-30-26-13-7-5-11-24(26)25-12-6-8-14-27(25)30)32(19-22-9-3-2-4-10-22)34-33-29(17-18-37-34)28-16-15-23(36)20-31(28)38-33/h2-16,20,30,32,38H,17-19,21H2,1H3/t32-/m0/s1. The second-order valence-corrected chi connectivity index (χ2v) is 11.7. The van der Waals surface area contributed by atoms with E-state index in [4.69, 9.17) is 9.73 Å². The number of hydrogen-bond acceptors (Lipinski definition) is 3. The molecule has 0 saturated heterocycles. The van der Waals surface area contributed by atoms with Crippen molar-refractivity contribution in [3.63, 3.8) is 0 Å². The number of benzene rings is 4. The van der Waals surface area contributed by atoms with Crippen molar-refractivity contribution in [2.75, 3.05) is 20.2 Å². The average Bonchev–Trinajstić information content (AvgIpc) is 3.54. The van der Waals surface area contributed by atoms with Crippen LogP contribution in [-0.2, 0) is 17.6 Å². The summed E-state index contributed by atoms with van der Waals surface area (Å²) in [7, 11) is 1.84. The zero-order valence-corrected chi connectivity index (χ0v) is 24.4. The number of aliphatic imine (C=N–C) groups is 1. The largest absolute Gasteiger partial charge is 0.448 e. The third kappa shape index (κ3) is 4.66. The Labute approximate surface area is 248 Å². The van der Waals surface area contributed by atoms with Crippen LogP contribution in [0.4, 0.5) is 4.79 Å². The highest BCUT2D eigenvalue weighted by molar-refractivity contribution is 9.10. The molecule has 0 bridgehead atoms. The summed E-state index contributed by atoms with van der Waals surface area (Å²) >= 11 is 3.60. The van der Waals surface area contributed by atoms with E-state index in [1.165, 1.54) is 33.2 Å². The summed E-state index contributed by atoms with van der Waals surface area (Å²) in [6.45, 7) is 0.975. The van der Waals surface area contributed by atoms with Crippen LogP contribution in [-0.4, -0.2) is 47.9 Å². The molecule has 5 nitrogen and oxygen atoms in total. The van der Waals surface area contributed by atoms with Gasteiger partial charge in [-0.3, -0.25) is 4.99 Å². The first-order valence-electron chi connectivity index (χ1n) is 14.0. The van der Waals surface area contributed by atoms with Crippen LogP contribution in [0, 0.1) is 0 Å². The number of nitrogens with zero attached hydrogens (tertiary/aromatic N) is 2. The fourth-order valence-corrected chi connectivity index (χ4v) is 6.78. The van der Waals surface area contributed by atoms with Gasteiger partial charge in [-0.05, 0) is 58.4 Å². The van der Waals surface area contributed by atoms with Crippen molar-refractivity contribution in [2.45, 2.75) is 24.8 Å². The Morgan fingerprint density at radius 1 is 0.976 bits per heavy atom. The molecule has 1 N–H and O–H groups in total. The lowest BCUT2D eigenvalue weighted by Crippen LogP contribution is -2.46. The summed E-state index contributed by atoms with van der Waals surface area (Å²) in [6, 6.07) is 33.1. The molecular formula is C35H30BrN3O2. The number of hydrogen-bond donors (Lipinski definition) is 1. The lowest BCUT2D eigenvalue weighted by Gasteiger charge is -2.31. The molecule has 5 aromatic rings. The van der Waals surface area contributed by atoms with Gasteiger partial charge in [0.25, 0.3) is 0 Å². The number of carbonyl (C=O) groups excluding carboxylic acids is 1. The lowest BCUT2D eigenvalue weighted by molar-refractivity contribution is 0.103. The van der Waals surface area contributed by atoms with Gasteiger partial charge >= 0.3 is 6.09 Å². The number of ether oxygens (including phenoxy) is 1. The summed E-state index contributed by atoms with van der Waals surface area (Å²) < 4.78 is 7.12. The molecule has 1 aromatic heterocycles. The zero-order chi connectivity index (χ0) is 27.9. The van der Waals surface area contributed by atoms with E-state index >= 15 is 0 Å². The maximum absolute atomic E-state index is 13.8. The number of aromatic amines is 1. The predicted octanol–water partition coefficient (Wildman–Crippen LogP) is 7.77. The van der Waals surface area contributed by atoms with E-state index in [0.717, 1.165) is 33.4 Å². The average molecular weight is 605 g/mol. The van der Waals surface area contributed by atoms with Crippen LogP contribution in [0.5, 0.6) is 0 Å². The highest BCUT2D eigenvalue weighted by atomic mass is 79.9. The zero-order valence-electron chi connectivity index (χ0n) is 22.8. The highest BCUT2D eigenvalue weighted by Crippen LogP contribution is 2.44. The molecule has 0 radical (unpaired) electrons. The van der Waals surface area contributed by atoms with Crippen LogP contribution in [0.3, 0.4) is 0 Å². The molecule has 1 aliphatic carbocycles. The molecule has 2 aliphatic rings. The smallest absolute Gasteiger partial charge is 0.410 e. The van der Waals surface area contributed by atoms with Crippen LogP contribution in [0.1, 0.15) is 33.9 Å². The maximum Gasteiger partial charge on any atom is 0.410 e. The fourth-order valence-electron chi connectivity index (χ4n) is 6.42. The van der Waals surface area contributed by atoms with Gasteiger partial charge in [0.2, 0.25) is 0 Å². The lowest BCUT2D eigenvalue weighted by atomic mass is 9.93. The van der Waals surface area contributed by atoms with Crippen molar-refractivity contribution in [1.29, 1.82) is 0 Å². The molecule has 0 spiro atoms. The van der Waals surface area contributed by atoms with Crippen molar-refractivity contribution >= 4 is 38.6 Å². The molecule has 4 aromatic carbocycles. The third-order valence-corrected chi connectivity index (χ3v) is 8.94. The Bertz CT molecular complexity index is 1750. The maximum atomic E-state index is 13.8. The van der Waals surface area contributed by atoms with Crippen molar-refractivity contribution in [1.82, 2.24) is 9.88 Å². The molecule has 0 fully saturated rings. The van der Waals surface area contributed by atoms with Crippen LogP contribution in [0.15, 0.2) is 107 Å². The molecular weight excluding hydrogens is 574 g/mol. The SMILES string of the molecule is CN(C(=O)OCC1c2ccccc2-c2ccccc21)[C@@H](Cc1ccccc1)C1=NCCc2c1[nH]c1cc(Br)ccc21. The minimum absolute atomic E-state index is 0.0121. The minimum atomic E-state index is -0.346. The summed E-state index contributed by atoms with van der Waals surface area (Å²) in [5.74, 6) is 0.0121. The van der Waals surface area contributed by atoms with E-state index in [2.05, 4.69) is 99.8 Å². The van der Waals surface area contributed by atoms with Gasteiger partial charge in [0.1, 0.15) is 6.61 Å². The first-order chi connectivity index (χ1) is 20.1. The number of halogens is 1. The molecule has 7 rings (SSSR count). The Kier molecular flexibility index (Phi) is 6.71. The van der Waals surface area contributed by atoms with Crippen molar-refractivity contribution in [2.24, 2.45) is 4.99 Å². The molecule has 2 heterocycles. The normalized spacial score (nSPS) is 14.6. The number of nitrogens with one attached hydrogen (secondary N) is 1. The van der Waals surface area contributed by atoms with Gasteiger partial charge in [-0.2, -0.15) is 0 Å². The van der Waals surface area contributed by atoms with E-state index in [0.29, 0.717) is 13.0 Å².